The Kier molecular flexibility index (Phi) is 5.92. The maximum Gasteiger partial charge on any atom is 0.310 e. The zero-order valence-corrected chi connectivity index (χ0v) is 13.3. The molecule has 0 bridgehead atoms. The number of amides is 1. The summed E-state index contributed by atoms with van der Waals surface area (Å²) in [7, 11) is 0. The van der Waals surface area contributed by atoms with Crippen molar-refractivity contribution in [3.8, 4) is 0 Å². The van der Waals surface area contributed by atoms with E-state index in [-0.39, 0.29) is 18.1 Å². The zero-order chi connectivity index (χ0) is 16.9. The van der Waals surface area contributed by atoms with Gasteiger partial charge in [0.1, 0.15) is 0 Å². The van der Waals surface area contributed by atoms with Crippen molar-refractivity contribution < 1.29 is 19.6 Å². The van der Waals surface area contributed by atoms with Crippen LogP contribution in [0.5, 0.6) is 0 Å². The summed E-state index contributed by atoms with van der Waals surface area (Å²) in [4.78, 5) is 33.7. The molecule has 0 saturated heterocycles. The molecule has 1 atom stereocenters. The Morgan fingerprint density at radius 3 is 2.36 bits per heavy atom. The first-order valence-electron chi connectivity index (χ1n) is 6.55. The number of carbonyl (C=O) groups is 2. The van der Waals surface area contributed by atoms with Crippen LogP contribution in [0.25, 0.3) is 0 Å². The van der Waals surface area contributed by atoms with Gasteiger partial charge in [0.2, 0.25) is 5.91 Å². The van der Waals surface area contributed by atoms with Crippen molar-refractivity contribution in [1.82, 2.24) is 5.32 Å². The Bertz CT molecular complexity index is 571. The van der Waals surface area contributed by atoms with Crippen LogP contribution in [0, 0.1) is 15.5 Å². The molecule has 0 fully saturated rings. The average molecular weight is 326 g/mol. The minimum absolute atomic E-state index is 0.00957. The fourth-order valence-corrected chi connectivity index (χ4v) is 2.32. The Hall–Kier alpha value is -2.09. The number of carboxylic acid groups (broad SMARTS) is 1. The number of benzene rings is 1. The number of rotatable bonds is 7. The average Bonchev–Trinajstić information content (AvgIpc) is 2.45. The van der Waals surface area contributed by atoms with Gasteiger partial charge < -0.3 is 10.4 Å². The number of thioether (sulfide) groups is 1. The number of carboxylic acids is 1. The van der Waals surface area contributed by atoms with Gasteiger partial charge in [-0.05, 0) is 32.9 Å². The highest BCUT2D eigenvalue weighted by molar-refractivity contribution is 8.00. The molecule has 1 amide bonds. The first-order valence-corrected chi connectivity index (χ1v) is 7.43. The molecule has 1 unspecified atom stereocenters. The lowest BCUT2D eigenvalue weighted by Crippen LogP contribution is -2.41. The van der Waals surface area contributed by atoms with E-state index in [4.69, 9.17) is 5.11 Å². The monoisotopic (exact) mass is 326 g/mol. The number of nitrogens with one attached hydrogen (secondary N) is 1. The van der Waals surface area contributed by atoms with E-state index in [2.05, 4.69) is 5.32 Å². The molecule has 1 aromatic rings. The molecule has 1 rings (SSSR count). The van der Waals surface area contributed by atoms with Crippen molar-refractivity contribution in [2.75, 3.05) is 6.54 Å². The fourth-order valence-electron chi connectivity index (χ4n) is 1.43. The van der Waals surface area contributed by atoms with Crippen LogP contribution in [0.3, 0.4) is 0 Å². The van der Waals surface area contributed by atoms with Crippen LogP contribution in [0.4, 0.5) is 5.69 Å². The third kappa shape index (κ3) is 5.03. The standard InChI is InChI=1S/C14H18N2O5S/c1-9(12(17)15-8-14(2,3)13(18)19)22-11-6-4-10(5-7-11)16(20)21/h4-7,9H,8H2,1-3H3,(H,15,17)(H,18,19). The molecule has 120 valence electrons. The lowest BCUT2D eigenvalue weighted by atomic mass is 9.94. The van der Waals surface area contributed by atoms with Gasteiger partial charge in [-0.2, -0.15) is 0 Å². The van der Waals surface area contributed by atoms with E-state index in [1.54, 1.807) is 19.1 Å². The number of carbonyl (C=O) groups excluding carboxylic acids is 1. The zero-order valence-electron chi connectivity index (χ0n) is 12.5. The van der Waals surface area contributed by atoms with E-state index in [1.165, 1.54) is 37.7 Å². The van der Waals surface area contributed by atoms with Gasteiger partial charge in [0, 0.05) is 23.6 Å². The second kappa shape index (κ2) is 7.26. The van der Waals surface area contributed by atoms with Crippen LogP contribution >= 0.6 is 11.8 Å². The van der Waals surface area contributed by atoms with E-state index in [0.717, 1.165) is 4.90 Å². The normalized spacial score (nSPS) is 12.5. The van der Waals surface area contributed by atoms with Gasteiger partial charge in [-0.1, -0.05) is 0 Å². The van der Waals surface area contributed by atoms with Gasteiger partial charge in [0.15, 0.2) is 0 Å². The van der Waals surface area contributed by atoms with Crippen LogP contribution in [-0.2, 0) is 9.59 Å². The molecule has 0 aliphatic carbocycles. The van der Waals surface area contributed by atoms with Gasteiger partial charge in [0.25, 0.3) is 5.69 Å². The summed E-state index contributed by atoms with van der Waals surface area (Å²) in [6.07, 6.45) is 0. The molecule has 0 heterocycles. The number of aliphatic carboxylic acids is 1. The third-order valence-corrected chi connectivity index (χ3v) is 4.13. The van der Waals surface area contributed by atoms with E-state index < -0.39 is 21.6 Å². The minimum atomic E-state index is -1.03. The molecule has 2 N–H and O–H groups in total. The first kappa shape index (κ1) is 18.0. The Morgan fingerprint density at radius 1 is 1.36 bits per heavy atom. The van der Waals surface area contributed by atoms with Gasteiger partial charge in [0.05, 0.1) is 15.6 Å². The van der Waals surface area contributed by atoms with E-state index in [1.807, 2.05) is 0 Å². The third-order valence-electron chi connectivity index (χ3n) is 3.01. The quantitative estimate of drug-likeness (QED) is 0.452. The predicted octanol–water partition coefficient (Wildman–Crippen LogP) is 2.30. The summed E-state index contributed by atoms with van der Waals surface area (Å²) in [5, 5.41) is 21.7. The second-order valence-corrected chi connectivity index (χ2v) is 6.83. The number of non-ortho nitro benzene ring substituents is 1. The molecule has 0 aliphatic rings. The number of hydrogen-bond acceptors (Lipinski definition) is 5. The maximum absolute atomic E-state index is 12.0. The van der Waals surface area contributed by atoms with Crippen LogP contribution in [0.2, 0.25) is 0 Å². The summed E-state index contributed by atoms with van der Waals surface area (Å²) in [5.41, 5.74) is -1.04. The topological polar surface area (TPSA) is 110 Å². The van der Waals surface area contributed by atoms with Crippen molar-refractivity contribution in [3.63, 3.8) is 0 Å². The molecule has 0 spiro atoms. The van der Waals surface area contributed by atoms with E-state index in [9.17, 15) is 19.7 Å². The Morgan fingerprint density at radius 2 is 1.91 bits per heavy atom. The lowest BCUT2D eigenvalue weighted by molar-refractivity contribution is -0.384. The molecule has 8 heteroatoms. The van der Waals surface area contributed by atoms with Gasteiger partial charge in [-0.3, -0.25) is 19.7 Å². The van der Waals surface area contributed by atoms with Crippen molar-refractivity contribution in [2.45, 2.75) is 30.9 Å². The van der Waals surface area contributed by atoms with Crippen molar-refractivity contribution in [1.29, 1.82) is 0 Å². The van der Waals surface area contributed by atoms with Crippen molar-refractivity contribution in [2.24, 2.45) is 5.41 Å². The molecule has 0 radical (unpaired) electrons. The SMILES string of the molecule is CC(Sc1ccc([N+](=O)[O-])cc1)C(=O)NCC(C)(C)C(=O)O. The molecule has 0 saturated carbocycles. The summed E-state index contributed by atoms with van der Waals surface area (Å²) in [6.45, 7) is 4.79. The Labute approximate surface area is 132 Å². The second-order valence-electron chi connectivity index (χ2n) is 5.42. The molecule has 0 aliphatic heterocycles. The van der Waals surface area contributed by atoms with Gasteiger partial charge >= 0.3 is 5.97 Å². The highest BCUT2D eigenvalue weighted by Crippen LogP contribution is 2.25. The fraction of sp³-hybridized carbons (Fsp3) is 0.429. The first-order chi connectivity index (χ1) is 10.1. The number of nitrogens with zero attached hydrogens (tertiary/aromatic N) is 1. The van der Waals surface area contributed by atoms with Crippen LogP contribution in [0.15, 0.2) is 29.2 Å². The molecule has 7 nitrogen and oxygen atoms in total. The van der Waals surface area contributed by atoms with Crippen molar-refractivity contribution >= 4 is 29.3 Å². The van der Waals surface area contributed by atoms with Crippen LogP contribution < -0.4 is 5.32 Å². The molecule has 0 aromatic heterocycles. The number of nitro groups is 1. The summed E-state index contributed by atoms with van der Waals surface area (Å²) >= 11 is 1.25. The molecule has 22 heavy (non-hydrogen) atoms. The molecule has 1 aromatic carbocycles. The number of hydrogen-bond donors (Lipinski definition) is 2. The van der Waals surface area contributed by atoms with Crippen LogP contribution in [0.1, 0.15) is 20.8 Å². The van der Waals surface area contributed by atoms with E-state index in [0.29, 0.717) is 0 Å². The lowest BCUT2D eigenvalue weighted by Gasteiger charge is -2.21. The Balaban J connectivity index is 2.57. The predicted molar refractivity (Wildman–Crippen MR) is 82.8 cm³/mol. The molecular weight excluding hydrogens is 308 g/mol. The van der Waals surface area contributed by atoms with Crippen molar-refractivity contribution in [3.05, 3.63) is 34.4 Å². The van der Waals surface area contributed by atoms with Gasteiger partial charge in [-0.25, -0.2) is 0 Å². The summed E-state index contributed by atoms with van der Waals surface area (Å²) in [5.74, 6) is -1.26. The maximum atomic E-state index is 12.0. The highest BCUT2D eigenvalue weighted by Gasteiger charge is 2.28. The van der Waals surface area contributed by atoms with Crippen LogP contribution in [-0.4, -0.2) is 33.7 Å². The highest BCUT2D eigenvalue weighted by atomic mass is 32.2. The largest absolute Gasteiger partial charge is 0.481 e. The van der Waals surface area contributed by atoms with E-state index >= 15 is 0 Å². The smallest absolute Gasteiger partial charge is 0.310 e. The summed E-state index contributed by atoms with van der Waals surface area (Å²) < 4.78 is 0. The number of nitro benzene ring substituents is 1. The minimum Gasteiger partial charge on any atom is -0.481 e. The van der Waals surface area contributed by atoms with Gasteiger partial charge in [-0.15, -0.1) is 11.8 Å². The summed E-state index contributed by atoms with van der Waals surface area (Å²) in [6, 6.07) is 5.91. The molecular formula is C14H18N2O5S.